The van der Waals surface area contributed by atoms with E-state index in [-0.39, 0.29) is 7.34 Å². The summed E-state index contributed by atoms with van der Waals surface area (Å²) in [4.78, 5) is 12.2. The minimum absolute atomic E-state index is 0. The molecule has 1 heteroatoms. The average Bonchev–Trinajstić information content (AvgIpc) is 2.41. The molecule has 19 heavy (non-hydrogen) atoms. The summed E-state index contributed by atoms with van der Waals surface area (Å²) in [6, 6.07) is 7.99. The molecular weight excluding hydrogens is 232 g/mol. The molecule has 0 radical (unpaired) electrons. The van der Waals surface area contributed by atoms with Gasteiger partial charge in [0.25, 0.3) is 0 Å². The average molecular weight is 262 g/mol. The van der Waals surface area contributed by atoms with Crippen LogP contribution in [0, 0.1) is 18.8 Å². The second-order valence-electron chi connectivity index (χ2n) is 5.89. The third-order valence-electron chi connectivity index (χ3n) is 3.72. The van der Waals surface area contributed by atoms with Crippen molar-refractivity contribution < 1.29 is 6.22 Å². The van der Waals surface area contributed by atoms with Crippen molar-refractivity contribution in [2.24, 2.45) is 11.8 Å². The van der Waals surface area contributed by atoms with E-state index in [2.05, 4.69) is 27.7 Å². The largest absolute Gasteiger partial charge is 0.294 e. The number of rotatable bonds is 2. The van der Waals surface area contributed by atoms with Crippen molar-refractivity contribution in [1.82, 2.24) is 0 Å². The lowest BCUT2D eigenvalue weighted by Crippen LogP contribution is -2.20. The van der Waals surface area contributed by atoms with Gasteiger partial charge in [-0.05, 0) is 25.7 Å². The maximum atomic E-state index is 12.2. The van der Waals surface area contributed by atoms with Crippen LogP contribution in [-0.2, 0) is 0 Å². The normalized spacial score (nSPS) is 22.3. The van der Waals surface area contributed by atoms with E-state index >= 15 is 0 Å². The highest BCUT2D eigenvalue weighted by molar-refractivity contribution is 5.97. The zero-order chi connectivity index (χ0) is 14.3. The Kier molecular flexibility index (Phi) is 6.83. The van der Waals surface area contributed by atoms with Crippen LogP contribution in [0.15, 0.2) is 24.3 Å². The van der Waals surface area contributed by atoms with Gasteiger partial charge in [-0.2, -0.15) is 0 Å². The first-order valence-corrected chi connectivity index (χ1v) is 7.69. The van der Waals surface area contributed by atoms with Gasteiger partial charge in [0.2, 0.25) is 0 Å². The van der Waals surface area contributed by atoms with Crippen molar-refractivity contribution in [1.29, 1.82) is 0 Å². The number of hydrogen-bond acceptors (Lipinski definition) is 1. The number of carbonyl (C=O) groups excluding carboxylic acids is 1. The van der Waals surface area contributed by atoms with E-state index in [0.717, 1.165) is 24.3 Å². The zero-order valence-electron chi connectivity index (χ0n) is 12.9. The van der Waals surface area contributed by atoms with Gasteiger partial charge < -0.3 is 0 Å². The van der Waals surface area contributed by atoms with Crippen molar-refractivity contribution in [3.63, 3.8) is 0 Å². The van der Waals surface area contributed by atoms with Crippen LogP contribution >= 0.6 is 0 Å². The number of aryl methyl sites for hydroxylation is 1. The van der Waals surface area contributed by atoms with Crippen LogP contribution in [0.25, 0.3) is 0 Å². The van der Waals surface area contributed by atoms with Gasteiger partial charge in [-0.3, -0.25) is 4.79 Å². The Morgan fingerprint density at radius 2 is 1.58 bits per heavy atom. The summed E-state index contributed by atoms with van der Waals surface area (Å²) in [5.74, 6) is 1.44. The van der Waals surface area contributed by atoms with Crippen LogP contribution < -0.4 is 0 Å². The van der Waals surface area contributed by atoms with Gasteiger partial charge in [0.05, 0.1) is 0 Å². The minimum Gasteiger partial charge on any atom is -0.294 e. The summed E-state index contributed by atoms with van der Waals surface area (Å²) in [5, 5.41) is 0. The molecule has 0 saturated heterocycles. The summed E-state index contributed by atoms with van der Waals surface area (Å²) in [7, 11) is 0. The zero-order valence-corrected chi connectivity index (χ0v) is 12.9. The maximum absolute atomic E-state index is 12.2. The van der Waals surface area contributed by atoms with E-state index < -0.39 is 0 Å². The first kappa shape index (κ1) is 15.9. The number of carbonyl (C=O) groups is 1. The second-order valence-corrected chi connectivity index (χ2v) is 5.89. The first-order chi connectivity index (χ1) is 9.08. The summed E-state index contributed by atoms with van der Waals surface area (Å²) in [6.07, 6.45) is 5.83. The highest BCUT2D eigenvalue weighted by atomic mass is 16.1. The minimum atomic E-state index is 0. The summed E-state index contributed by atoms with van der Waals surface area (Å²) < 4.78 is 0. The molecule has 1 aromatic rings. The Morgan fingerprint density at radius 3 is 2.05 bits per heavy atom. The van der Waals surface area contributed by atoms with Crippen LogP contribution in [0.2, 0.25) is 0 Å². The first-order valence-electron chi connectivity index (χ1n) is 7.69. The van der Waals surface area contributed by atoms with Crippen LogP contribution in [0.4, 0.5) is 0 Å². The van der Waals surface area contributed by atoms with E-state index in [0.29, 0.717) is 5.78 Å². The van der Waals surface area contributed by atoms with Crippen molar-refractivity contribution in [2.45, 2.75) is 59.8 Å². The third-order valence-corrected chi connectivity index (χ3v) is 3.72. The smallest absolute Gasteiger partial charge is 0.165 e. The lowest BCUT2D eigenvalue weighted by Gasteiger charge is -2.25. The van der Waals surface area contributed by atoms with E-state index in [1.54, 1.807) is 0 Å². The van der Waals surface area contributed by atoms with E-state index in [1.807, 2.05) is 24.3 Å². The Labute approximate surface area is 119 Å². The van der Waals surface area contributed by atoms with Crippen molar-refractivity contribution in [3.8, 4) is 0 Å². The van der Waals surface area contributed by atoms with Crippen molar-refractivity contribution >= 4 is 5.78 Å². The predicted octanol–water partition coefficient (Wildman–Crippen LogP) is 5.67. The van der Waals surface area contributed by atoms with Crippen LogP contribution in [0.5, 0.6) is 0 Å². The fourth-order valence-electron chi connectivity index (χ4n) is 2.48. The number of Topliss-reactive ketones (excluding diaryl/α,β-unsaturated/α-hetero) is 1. The maximum Gasteiger partial charge on any atom is 0.165 e. The number of ketones is 1. The lowest BCUT2D eigenvalue weighted by molar-refractivity contribution is 0.0875. The molecule has 1 fully saturated rings. The molecule has 1 saturated carbocycles. The monoisotopic (exact) mass is 262 g/mol. The highest BCUT2D eigenvalue weighted by Crippen LogP contribution is 2.30. The molecule has 0 aromatic heterocycles. The van der Waals surface area contributed by atoms with Gasteiger partial charge >= 0.3 is 0 Å². The Balaban J connectivity index is 0.000000830. The SMILES string of the molecule is CCC.Cc1ccc(C(=O)C2CCC(C)CC2)cc1.[HH]. The quantitative estimate of drug-likeness (QED) is 0.628. The fraction of sp³-hybridized carbons (Fsp3) is 0.611. The van der Waals surface area contributed by atoms with Gasteiger partial charge in [-0.1, -0.05) is 69.9 Å². The molecule has 0 atom stereocenters. The molecule has 0 amide bonds. The van der Waals surface area contributed by atoms with Gasteiger partial charge in [0.15, 0.2) is 5.78 Å². The van der Waals surface area contributed by atoms with Gasteiger partial charge in [0, 0.05) is 12.9 Å². The molecule has 2 rings (SSSR count). The lowest BCUT2D eigenvalue weighted by atomic mass is 9.79. The van der Waals surface area contributed by atoms with E-state index in [9.17, 15) is 4.79 Å². The number of hydrogen-bond donors (Lipinski definition) is 0. The molecule has 1 aromatic carbocycles. The molecule has 1 nitrogen and oxygen atoms in total. The summed E-state index contributed by atoms with van der Waals surface area (Å²) in [5.41, 5.74) is 2.11. The Morgan fingerprint density at radius 1 is 1.11 bits per heavy atom. The highest BCUT2D eigenvalue weighted by Gasteiger charge is 2.24. The molecular formula is C18H30O. The van der Waals surface area contributed by atoms with Gasteiger partial charge in [-0.25, -0.2) is 0 Å². The predicted molar refractivity (Wildman–Crippen MR) is 84.7 cm³/mol. The summed E-state index contributed by atoms with van der Waals surface area (Å²) in [6.45, 7) is 8.59. The molecule has 0 unspecified atom stereocenters. The molecule has 108 valence electrons. The van der Waals surface area contributed by atoms with Gasteiger partial charge in [0.1, 0.15) is 0 Å². The van der Waals surface area contributed by atoms with E-state index in [4.69, 9.17) is 0 Å². The molecule has 1 aliphatic carbocycles. The van der Waals surface area contributed by atoms with Gasteiger partial charge in [-0.15, -0.1) is 0 Å². The topological polar surface area (TPSA) is 17.1 Å². The Hall–Kier alpha value is -1.11. The van der Waals surface area contributed by atoms with Crippen LogP contribution in [-0.4, -0.2) is 5.78 Å². The molecule has 0 aliphatic heterocycles. The fourth-order valence-corrected chi connectivity index (χ4v) is 2.48. The third kappa shape index (κ3) is 5.18. The van der Waals surface area contributed by atoms with Crippen molar-refractivity contribution in [3.05, 3.63) is 35.4 Å². The number of benzene rings is 1. The van der Waals surface area contributed by atoms with Crippen molar-refractivity contribution in [2.75, 3.05) is 0 Å². The molecule has 0 spiro atoms. The van der Waals surface area contributed by atoms with Crippen LogP contribution in [0.1, 0.15) is 70.2 Å². The molecule has 0 bridgehead atoms. The van der Waals surface area contributed by atoms with Crippen LogP contribution in [0.3, 0.4) is 0 Å². The second kappa shape index (κ2) is 8.14. The standard InChI is InChI=1S/C15H20O.C3H8.H2/c1-11-3-7-13(8-4-11)15(16)14-9-5-12(2)6-10-14;1-3-2;/h3-4,7-8,12,14H,5-6,9-10H2,1-2H3;3H2,1-2H3;1H. The Bertz CT molecular complexity index is 375. The molecule has 0 heterocycles. The molecule has 0 N–H and O–H groups in total. The summed E-state index contributed by atoms with van der Waals surface area (Å²) >= 11 is 0. The van der Waals surface area contributed by atoms with E-state index in [1.165, 1.54) is 24.8 Å². The molecule has 1 aliphatic rings.